The Morgan fingerprint density at radius 1 is 1.79 bits per heavy atom. The molecular weight excluding hydrogens is 182 g/mol. The Morgan fingerprint density at radius 3 is 3.07 bits per heavy atom. The molecule has 14 heavy (non-hydrogen) atoms. The van der Waals surface area contributed by atoms with Crippen molar-refractivity contribution < 1.29 is 14.6 Å². The van der Waals surface area contributed by atoms with Crippen LogP contribution >= 0.6 is 0 Å². The highest BCUT2D eigenvalue weighted by Crippen LogP contribution is 2.52. The van der Waals surface area contributed by atoms with Crippen molar-refractivity contribution in [2.45, 2.75) is 37.9 Å². The highest BCUT2D eigenvalue weighted by atomic mass is 16.5. The molecule has 0 aromatic heterocycles. The number of carboxylic acid groups (broad SMARTS) is 1. The molecule has 0 aromatic rings. The maximum absolute atomic E-state index is 11.0. The number of nitriles is 1. The molecule has 0 spiro atoms. The largest absolute Gasteiger partial charge is 0.481 e. The summed E-state index contributed by atoms with van der Waals surface area (Å²) in [4.78, 5) is 11.0. The Morgan fingerprint density at radius 2 is 2.50 bits per heavy atom. The van der Waals surface area contributed by atoms with Gasteiger partial charge in [0.2, 0.25) is 0 Å². The summed E-state index contributed by atoms with van der Waals surface area (Å²) in [7, 11) is 0. The van der Waals surface area contributed by atoms with E-state index in [1.807, 2.05) is 6.92 Å². The second-order valence-corrected chi connectivity index (χ2v) is 4.34. The van der Waals surface area contributed by atoms with Crippen LogP contribution in [-0.4, -0.2) is 22.8 Å². The highest BCUT2D eigenvalue weighted by Gasteiger charge is 2.58. The number of fused-ring (bicyclic) bond motifs is 2. The molecule has 4 nitrogen and oxygen atoms in total. The van der Waals surface area contributed by atoms with Crippen molar-refractivity contribution in [1.29, 1.82) is 5.26 Å². The van der Waals surface area contributed by atoms with Gasteiger partial charge in [-0.3, -0.25) is 4.79 Å². The molecule has 4 heteroatoms. The number of rotatable bonds is 2. The van der Waals surface area contributed by atoms with Crippen LogP contribution in [0.15, 0.2) is 0 Å². The van der Waals surface area contributed by atoms with Crippen molar-refractivity contribution in [3.05, 3.63) is 0 Å². The molecule has 4 atom stereocenters. The molecule has 0 aromatic carbocycles. The smallest absolute Gasteiger partial charge is 0.309 e. The third-order valence-electron chi connectivity index (χ3n) is 3.56. The van der Waals surface area contributed by atoms with Crippen LogP contribution in [-0.2, 0) is 9.53 Å². The minimum absolute atomic E-state index is 0.135. The van der Waals surface area contributed by atoms with Crippen molar-refractivity contribution in [2.75, 3.05) is 0 Å². The topological polar surface area (TPSA) is 70.3 Å². The zero-order valence-corrected chi connectivity index (χ0v) is 8.06. The zero-order valence-electron chi connectivity index (χ0n) is 8.06. The number of nitrogens with zero attached hydrogens (tertiary/aromatic N) is 1. The summed E-state index contributed by atoms with van der Waals surface area (Å²) in [5, 5.41) is 17.7. The van der Waals surface area contributed by atoms with Gasteiger partial charge in [0.25, 0.3) is 0 Å². The van der Waals surface area contributed by atoms with E-state index in [2.05, 4.69) is 6.07 Å². The van der Waals surface area contributed by atoms with Crippen molar-refractivity contribution in [1.82, 2.24) is 0 Å². The van der Waals surface area contributed by atoms with E-state index in [1.54, 1.807) is 0 Å². The van der Waals surface area contributed by atoms with Gasteiger partial charge in [0.15, 0.2) is 0 Å². The lowest BCUT2D eigenvalue weighted by Gasteiger charge is -2.29. The van der Waals surface area contributed by atoms with E-state index in [4.69, 9.17) is 15.1 Å². The molecule has 0 saturated carbocycles. The SMILES string of the molecule is CC12CCC(O1)C(C(=O)O)C2CC#N. The van der Waals surface area contributed by atoms with Gasteiger partial charge in [0, 0.05) is 12.3 Å². The number of hydrogen-bond acceptors (Lipinski definition) is 3. The van der Waals surface area contributed by atoms with Crippen LogP contribution in [0.2, 0.25) is 0 Å². The molecule has 0 amide bonds. The van der Waals surface area contributed by atoms with Gasteiger partial charge in [0.1, 0.15) is 0 Å². The average molecular weight is 195 g/mol. The molecule has 2 fully saturated rings. The Balaban J connectivity index is 2.26. The molecular formula is C10H13NO3. The quantitative estimate of drug-likeness (QED) is 0.718. The molecule has 0 aliphatic carbocycles. The van der Waals surface area contributed by atoms with Gasteiger partial charge >= 0.3 is 5.97 Å². The maximum Gasteiger partial charge on any atom is 0.309 e. The fourth-order valence-corrected chi connectivity index (χ4v) is 2.83. The Kier molecular flexibility index (Phi) is 2.00. The molecule has 2 rings (SSSR count). The van der Waals surface area contributed by atoms with Crippen LogP contribution in [0.1, 0.15) is 26.2 Å². The summed E-state index contributed by atoms with van der Waals surface area (Å²) in [6.45, 7) is 1.93. The zero-order chi connectivity index (χ0) is 10.3. The van der Waals surface area contributed by atoms with Gasteiger partial charge < -0.3 is 9.84 Å². The molecule has 2 aliphatic heterocycles. The standard InChI is InChI=1S/C10H13NO3/c1-10-4-2-7(14-10)8(9(12)13)6(10)3-5-11/h6-8H,2-4H2,1H3,(H,12,13). The second kappa shape index (κ2) is 2.96. The Hall–Kier alpha value is -1.08. The number of aliphatic carboxylic acids is 1. The van der Waals surface area contributed by atoms with Crippen LogP contribution in [0.25, 0.3) is 0 Å². The summed E-state index contributed by atoms with van der Waals surface area (Å²) in [5.74, 6) is -1.43. The normalized spacial score (nSPS) is 45.0. The first-order valence-electron chi connectivity index (χ1n) is 4.86. The fourth-order valence-electron chi connectivity index (χ4n) is 2.83. The first kappa shape index (κ1) is 9.47. The summed E-state index contributed by atoms with van der Waals surface area (Å²) in [6.07, 6.45) is 1.81. The van der Waals surface area contributed by atoms with E-state index in [9.17, 15) is 4.79 Å². The van der Waals surface area contributed by atoms with Crippen molar-refractivity contribution >= 4 is 5.97 Å². The minimum atomic E-state index is -0.821. The summed E-state index contributed by atoms with van der Waals surface area (Å²) < 4.78 is 5.67. The van der Waals surface area contributed by atoms with E-state index in [1.165, 1.54) is 0 Å². The lowest BCUT2D eigenvalue weighted by atomic mass is 9.71. The van der Waals surface area contributed by atoms with Crippen LogP contribution in [0.5, 0.6) is 0 Å². The predicted octanol–water partition coefficient (Wildman–Crippen LogP) is 1.17. The molecule has 76 valence electrons. The predicted molar refractivity (Wildman–Crippen MR) is 47.4 cm³/mol. The van der Waals surface area contributed by atoms with Crippen LogP contribution < -0.4 is 0 Å². The third-order valence-corrected chi connectivity index (χ3v) is 3.56. The van der Waals surface area contributed by atoms with E-state index < -0.39 is 11.9 Å². The van der Waals surface area contributed by atoms with E-state index in [0.29, 0.717) is 0 Å². The molecule has 1 N–H and O–H groups in total. The first-order valence-corrected chi connectivity index (χ1v) is 4.86. The molecule has 4 unspecified atom stereocenters. The van der Waals surface area contributed by atoms with Crippen molar-refractivity contribution in [3.8, 4) is 6.07 Å². The van der Waals surface area contributed by atoms with Gasteiger partial charge in [-0.05, 0) is 19.8 Å². The maximum atomic E-state index is 11.0. The molecule has 2 heterocycles. The lowest BCUT2D eigenvalue weighted by Crippen LogP contribution is -2.38. The van der Waals surface area contributed by atoms with Crippen molar-refractivity contribution in [2.24, 2.45) is 11.8 Å². The van der Waals surface area contributed by atoms with Crippen LogP contribution in [0, 0.1) is 23.2 Å². The number of ether oxygens (including phenoxy) is 1. The third kappa shape index (κ3) is 1.12. The van der Waals surface area contributed by atoms with E-state index in [0.717, 1.165) is 12.8 Å². The molecule has 2 saturated heterocycles. The van der Waals surface area contributed by atoms with E-state index >= 15 is 0 Å². The monoisotopic (exact) mass is 195 g/mol. The highest BCUT2D eigenvalue weighted by molar-refractivity contribution is 5.72. The lowest BCUT2D eigenvalue weighted by molar-refractivity contribution is -0.144. The first-order chi connectivity index (χ1) is 6.58. The van der Waals surface area contributed by atoms with Gasteiger partial charge in [-0.25, -0.2) is 0 Å². The minimum Gasteiger partial charge on any atom is -0.481 e. The van der Waals surface area contributed by atoms with E-state index in [-0.39, 0.29) is 24.0 Å². The fraction of sp³-hybridized carbons (Fsp3) is 0.800. The number of carboxylic acids is 1. The van der Waals surface area contributed by atoms with Gasteiger partial charge in [0.05, 0.1) is 23.7 Å². The molecule has 0 radical (unpaired) electrons. The molecule has 2 bridgehead atoms. The molecule has 2 aliphatic rings. The number of carbonyl (C=O) groups is 1. The average Bonchev–Trinajstić information content (AvgIpc) is 2.58. The van der Waals surface area contributed by atoms with Gasteiger partial charge in [-0.15, -0.1) is 0 Å². The summed E-state index contributed by atoms with van der Waals surface area (Å²) in [6, 6.07) is 2.06. The second-order valence-electron chi connectivity index (χ2n) is 4.34. The van der Waals surface area contributed by atoms with Gasteiger partial charge in [-0.1, -0.05) is 0 Å². The Bertz CT molecular complexity index is 309. The summed E-state index contributed by atoms with van der Waals surface area (Å²) >= 11 is 0. The van der Waals surface area contributed by atoms with Crippen LogP contribution in [0.3, 0.4) is 0 Å². The number of hydrogen-bond donors (Lipinski definition) is 1. The van der Waals surface area contributed by atoms with Crippen molar-refractivity contribution in [3.63, 3.8) is 0 Å². The summed E-state index contributed by atoms with van der Waals surface area (Å²) in [5.41, 5.74) is -0.372. The van der Waals surface area contributed by atoms with Crippen LogP contribution in [0.4, 0.5) is 0 Å². The Labute approximate surface area is 82.5 Å². The van der Waals surface area contributed by atoms with Gasteiger partial charge in [-0.2, -0.15) is 5.26 Å².